The summed E-state index contributed by atoms with van der Waals surface area (Å²) in [6.45, 7) is 10.0. The van der Waals surface area contributed by atoms with Gasteiger partial charge in [-0.25, -0.2) is 4.98 Å². The lowest BCUT2D eigenvalue weighted by atomic mass is 9.98. The number of aromatic nitrogens is 1. The zero-order valence-corrected chi connectivity index (χ0v) is 11.5. The highest BCUT2D eigenvalue weighted by Crippen LogP contribution is 2.28. The molecule has 2 aromatic rings. The molecule has 0 aliphatic rings. The fourth-order valence-corrected chi connectivity index (χ4v) is 2.31. The average Bonchev–Trinajstić information content (AvgIpc) is 2.73. The van der Waals surface area contributed by atoms with Crippen LogP contribution < -0.4 is 5.32 Å². The molecule has 3 heteroatoms. The van der Waals surface area contributed by atoms with Crippen LogP contribution in [0, 0.1) is 20.8 Å². The van der Waals surface area contributed by atoms with Gasteiger partial charge < -0.3 is 9.73 Å². The van der Waals surface area contributed by atoms with E-state index in [4.69, 9.17) is 4.42 Å². The first kappa shape index (κ1) is 12.8. The van der Waals surface area contributed by atoms with E-state index in [0.29, 0.717) is 6.54 Å². The fraction of sp³-hybridized carbons (Fsp3) is 0.400. The lowest BCUT2D eigenvalue weighted by Gasteiger charge is -2.08. The van der Waals surface area contributed by atoms with Crippen molar-refractivity contribution in [2.24, 2.45) is 0 Å². The van der Waals surface area contributed by atoms with E-state index in [9.17, 15) is 0 Å². The Morgan fingerprint density at radius 2 is 1.83 bits per heavy atom. The van der Waals surface area contributed by atoms with E-state index in [1.807, 2.05) is 6.20 Å². The number of rotatable bonds is 4. The number of hydrogen-bond acceptors (Lipinski definition) is 3. The van der Waals surface area contributed by atoms with Crippen molar-refractivity contribution in [2.45, 2.75) is 34.2 Å². The Morgan fingerprint density at radius 1 is 1.17 bits per heavy atom. The molecule has 0 unspecified atom stereocenters. The van der Waals surface area contributed by atoms with Gasteiger partial charge in [0.1, 0.15) is 0 Å². The number of nitrogens with zero attached hydrogens (tertiary/aromatic N) is 1. The smallest absolute Gasteiger partial charge is 0.208 e. The second-order valence-electron chi connectivity index (χ2n) is 4.67. The van der Waals surface area contributed by atoms with Crippen molar-refractivity contribution in [3.05, 3.63) is 40.9 Å². The van der Waals surface area contributed by atoms with Crippen molar-refractivity contribution in [1.29, 1.82) is 0 Å². The van der Waals surface area contributed by atoms with E-state index in [-0.39, 0.29) is 0 Å². The summed E-state index contributed by atoms with van der Waals surface area (Å²) in [6, 6.07) is 4.35. The summed E-state index contributed by atoms with van der Waals surface area (Å²) >= 11 is 0. The van der Waals surface area contributed by atoms with Gasteiger partial charge in [-0.2, -0.15) is 0 Å². The molecule has 1 aromatic heterocycles. The van der Waals surface area contributed by atoms with Gasteiger partial charge in [-0.05, 0) is 38.4 Å². The first-order valence-corrected chi connectivity index (χ1v) is 6.35. The summed E-state index contributed by atoms with van der Waals surface area (Å²) in [7, 11) is 0. The zero-order valence-electron chi connectivity index (χ0n) is 11.5. The minimum absolute atomic E-state index is 0.681. The third-order valence-corrected chi connectivity index (χ3v) is 3.00. The van der Waals surface area contributed by atoms with Crippen LogP contribution in [0.25, 0.3) is 11.3 Å². The van der Waals surface area contributed by atoms with Crippen molar-refractivity contribution >= 4 is 0 Å². The molecule has 0 spiro atoms. The van der Waals surface area contributed by atoms with E-state index in [1.54, 1.807) is 0 Å². The summed E-state index contributed by atoms with van der Waals surface area (Å²) in [5.41, 5.74) is 4.91. The maximum Gasteiger partial charge on any atom is 0.208 e. The van der Waals surface area contributed by atoms with Gasteiger partial charge in [0.05, 0.1) is 12.7 Å². The molecule has 0 fully saturated rings. The van der Waals surface area contributed by atoms with Crippen LogP contribution >= 0.6 is 0 Å². The van der Waals surface area contributed by atoms with Crippen LogP contribution in [0.2, 0.25) is 0 Å². The summed E-state index contributed by atoms with van der Waals surface area (Å²) in [5.74, 6) is 1.60. The molecule has 0 amide bonds. The van der Waals surface area contributed by atoms with Crippen LogP contribution in [0.3, 0.4) is 0 Å². The molecule has 0 saturated carbocycles. The monoisotopic (exact) mass is 244 g/mol. The third-order valence-electron chi connectivity index (χ3n) is 3.00. The Morgan fingerprint density at radius 3 is 2.44 bits per heavy atom. The highest BCUT2D eigenvalue weighted by Gasteiger charge is 2.11. The topological polar surface area (TPSA) is 38.1 Å². The Kier molecular flexibility index (Phi) is 3.82. The lowest BCUT2D eigenvalue weighted by Crippen LogP contribution is -2.11. The molecule has 0 bridgehead atoms. The highest BCUT2D eigenvalue weighted by atomic mass is 16.4. The van der Waals surface area contributed by atoms with Gasteiger partial charge in [0, 0.05) is 5.56 Å². The standard InChI is InChI=1S/C15H20N2O/c1-5-16-9-14-17-8-13(18-14)15-11(3)6-10(2)7-12(15)4/h6-8,16H,5,9H2,1-4H3. The maximum absolute atomic E-state index is 5.80. The quantitative estimate of drug-likeness (QED) is 0.896. The SMILES string of the molecule is CCNCc1ncc(-c2c(C)cc(C)cc2C)o1. The number of nitrogens with one attached hydrogen (secondary N) is 1. The molecule has 0 saturated heterocycles. The minimum atomic E-state index is 0.681. The van der Waals surface area contributed by atoms with E-state index < -0.39 is 0 Å². The van der Waals surface area contributed by atoms with Crippen LogP contribution in [0.15, 0.2) is 22.7 Å². The summed E-state index contributed by atoms with van der Waals surface area (Å²) in [5, 5.41) is 3.21. The van der Waals surface area contributed by atoms with E-state index in [0.717, 1.165) is 23.8 Å². The van der Waals surface area contributed by atoms with Gasteiger partial charge in [0.15, 0.2) is 5.76 Å². The van der Waals surface area contributed by atoms with E-state index >= 15 is 0 Å². The number of aryl methyl sites for hydroxylation is 3. The molecule has 96 valence electrons. The normalized spacial score (nSPS) is 10.9. The van der Waals surface area contributed by atoms with Crippen LogP contribution in [-0.4, -0.2) is 11.5 Å². The molecule has 0 aliphatic carbocycles. The van der Waals surface area contributed by atoms with Crippen molar-refractivity contribution < 1.29 is 4.42 Å². The summed E-state index contributed by atoms with van der Waals surface area (Å²) < 4.78 is 5.80. The van der Waals surface area contributed by atoms with Crippen molar-refractivity contribution in [3.63, 3.8) is 0 Å². The lowest BCUT2D eigenvalue weighted by molar-refractivity contribution is 0.482. The first-order valence-electron chi connectivity index (χ1n) is 6.35. The Bertz CT molecular complexity index is 520. The Balaban J connectivity index is 2.34. The fourth-order valence-electron chi connectivity index (χ4n) is 2.31. The molecular formula is C15H20N2O. The molecule has 3 nitrogen and oxygen atoms in total. The number of oxazole rings is 1. The largest absolute Gasteiger partial charge is 0.439 e. The number of benzene rings is 1. The molecule has 1 aromatic carbocycles. The van der Waals surface area contributed by atoms with Crippen LogP contribution in [0.1, 0.15) is 29.5 Å². The van der Waals surface area contributed by atoms with Crippen LogP contribution in [-0.2, 0) is 6.54 Å². The number of hydrogen-bond donors (Lipinski definition) is 1. The third kappa shape index (κ3) is 2.62. The second-order valence-corrected chi connectivity index (χ2v) is 4.67. The Hall–Kier alpha value is -1.61. The summed E-state index contributed by atoms with van der Waals surface area (Å²) in [4.78, 5) is 4.31. The first-order chi connectivity index (χ1) is 8.61. The Labute approximate surface area is 108 Å². The van der Waals surface area contributed by atoms with E-state index in [1.165, 1.54) is 16.7 Å². The molecule has 0 radical (unpaired) electrons. The van der Waals surface area contributed by atoms with Gasteiger partial charge >= 0.3 is 0 Å². The van der Waals surface area contributed by atoms with Gasteiger partial charge in [-0.1, -0.05) is 24.6 Å². The van der Waals surface area contributed by atoms with Crippen molar-refractivity contribution in [2.75, 3.05) is 6.54 Å². The van der Waals surface area contributed by atoms with Crippen molar-refractivity contribution in [3.8, 4) is 11.3 Å². The average molecular weight is 244 g/mol. The zero-order chi connectivity index (χ0) is 13.1. The minimum Gasteiger partial charge on any atom is -0.439 e. The molecule has 1 N–H and O–H groups in total. The van der Waals surface area contributed by atoms with Crippen LogP contribution in [0.5, 0.6) is 0 Å². The molecule has 18 heavy (non-hydrogen) atoms. The molecule has 1 heterocycles. The van der Waals surface area contributed by atoms with Gasteiger partial charge in [-0.3, -0.25) is 0 Å². The highest BCUT2D eigenvalue weighted by molar-refractivity contribution is 5.66. The van der Waals surface area contributed by atoms with Gasteiger partial charge in [0.25, 0.3) is 0 Å². The van der Waals surface area contributed by atoms with E-state index in [2.05, 4.69) is 50.1 Å². The van der Waals surface area contributed by atoms with Crippen molar-refractivity contribution in [1.82, 2.24) is 10.3 Å². The molecule has 0 aliphatic heterocycles. The predicted octanol–water partition coefficient (Wildman–Crippen LogP) is 3.38. The van der Waals surface area contributed by atoms with Gasteiger partial charge in [-0.15, -0.1) is 0 Å². The molecule has 0 atom stereocenters. The molecule has 2 rings (SSSR count). The second kappa shape index (κ2) is 5.36. The van der Waals surface area contributed by atoms with Gasteiger partial charge in [0.2, 0.25) is 5.89 Å². The maximum atomic E-state index is 5.80. The predicted molar refractivity (Wildman–Crippen MR) is 73.5 cm³/mol. The molecular weight excluding hydrogens is 224 g/mol. The van der Waals surface area contributed by atoms with Crippen LogP contribution in [0.4, 0.5) is 0 Å². The summed E-state index contributed by atoms with van der Waals surface area (Å²) in [6.07, 6.45) is 1.82.